The second-order valence-electron chi connectivity index (χ2n) is 6.50. The normalized spacial score (nSPS) is 16.5. The summed E-state index contributed by atoms with van der Waals surface area (Å²) < 4.78 is 0. The van der Waals surface area contributed by atoms with Crippen LogP contribution in [0.1, 0.15) is 29.7 Å². The molecule has 1 atom stereocenters. The molecular formula is C20H24ClN3O3. The zero-order valence-electron chi connectivity index (χ0n) is 15.3. The molecule has 0 bridgehead atoms. The van der Waals surface area contributed by atoms with E-state index in [1.54, 1.807) is 12.1 Å². The van der Waals surface area contributed by atoms with Crippen molar-refractivity contribution in [1.82, 2.24) is 10.2 Å². The van der Waals surface area contributed by atoms with Gasteiger partial charge in [-0.1, -0.05) is 43.3 Å². The van der Waals surface area contributed by atoms with Crippen LogP contribution in [0.5, 0.6) is 0 Å². The van der Waals surface area contributed by atoms with Gasteiger partial charge in [0.15, 0.2) is 0 Å². The quantitative estimate of drug-likeness (QED) is 0.628. The molecule has 0 spiro atoms. The predicted molar refractivity (Wildman–Crippen MR) is 107 cm³/mol. The van der Waals surface area contributed by atoms with Gasteiger partial charge in [0, 0.05) is 31.8 Å². The maximum absolute atomic E-state index is 12.9. The first kappa shape index (κ1) is 20.9. The predicted octanol–water partition coefficient (Wildman–Crippen LogP) is 3.29. The van der Waals surface area contributed by atoms with E-state index in [1.807, 2.05) is 4.90 Å². The molecule has 27 heavy (non-hydrogen) atoms. The Morgan fingerprint density at radius 1 is 1.15 bits per heavy atom. The molecule has 0 radical (unpaired) electrons. The Labute approximate surface area is 165 Å². The summed E-state index contributed by atoms with van der Waals surface area (Å²) in [7, 11) is 0. The lowest BCUT2D eigenvalue weighted by atomic mass is 10.00. The Hall–Kier alpha value is -2.44. The maximum Gasteiger partial charge on any atom is 0.269 e. The third-order valence-corrected chi connectivity index (χ3v) is 4.84. The monoisotopic (exact) mass is 389 g/mol. The Morgan fingerprint density at radius 3 is 2.37 bits per heavy atom. The molecule has 6 nitrogen and oxygen atoms in total. The van der Waals surface area contributed by atoms with Gasteiger partial charge in [-0.2, -0.15) is 0 Å². The van der Waals surface area contributed by atoms with Crippen molar-refractivity contribution < 1.29 is 9.72 Å². The molecule has 1 saturated heterocycles. The topological polar surface area (TPSA) is 75.5 Å². The summed E-state index contributed by atoms with van der Waals surface area (Å²) in [5.74, 6) is 0.0462. The van der Waals surface area contributed by atoms with Crippen molar-refractivity contribution in [3.8, 4) is 0 Å². The molecule has 2 aromatic carbocycles. The molecule has 3 rings (SSSR count). The Kier molecular flexibility index (Phi) is 7.33. The van der Waals surface area contributed by atoms with Crippen LogP contribution in [-0.2, 0) is 17.6 Å². The molecule has 2 aromatic rings. The average Bonchev–Trinajstić information content (AvgIpc) is 2.68. The van der Waals surface area contributed by atoms with Gasteiger partial charge in [-0.05, 0) is 23.1 Å². The highest BCUT2D eigenvalue weighted by Gasteiger charge is 2.27. The van der Waals surface area contributed by atoms with E-state index in [1.165, 1.54) is 17.7 Å². The van der Waals surface area contributed by atoms with Crippen molar-refractivity contribution >= 4 is 24.0 Å². The largest absolute Gasteiger partial charge is 0.333 e. The van der Waals surface area contributed by atoms with Crippen molar-refractivity contribution in [2.45, 2.75) is 25.8 Å². The molecular weight excluding hydrogens is 366 g/mol. The van der Waals surface area contributed by atoms with E-state index in [0.29, 0.717) is 6.54 Å². The lowest BCUT2D eigenvalue weighted by Crippen LogP contribution is -2.49. The molecule has 1 aliphatic heterocycles. The van der Waals surface area contributed by atoms with Gasteiger partial charge < -0.3 is 10.2 Å². The van der Waals surface area contributed by atoms with Crippen LogP contribution in [0.15, 0.2) is 48.5 Å². The lowest BCUT2D eigenvalue weighted by Gasteiger charge is -2.36. The van der Waals surface area contributed by atoms with Crippen LogP contribution in [0.25, 0.3) is 0 Å². The number of hydrogen-bond acceptors (Lipinski definition) is 4. The van der Waals surface area contributed by atoms with Gasteiger partial charge in [-0.25, -0.2) is 0 Å². The Balaban J connectivity index is 0.00000261. The van der Waals surface area contributed by atoms with Crippen LogP contribution in [0, 0.1) is 10.1 Å². The van der Waals surface area contributed by atoms with Gasteiger partial charge >= 0.3 is 0 Å². The number of carbonyl (C=O) groups is 1. The first-order valence-corrected chi connectivity index (χ1v) is 8.91. The molecule has 0 saturated carbocycles. The molecule has 0 aromatic heterocycles. The summed E-state index contributed by atoms with van der Waals surface area (Å²) in [6, 6.07) is 14.6. The summed E-state index contributed by atoms with van der Waals surface area (Å²) in [5.41, 5.74) is 3.24. The number of carbonyl (C=O) groups excluding carboxylic acids is 1. The lowest BCUT2D eigenvalue weighted by molar-refractivity contribution is -0.384. The number of hydrogen-bond donors (Lipinski definition) is 1. The average molecular weight is 390 g/mol. The number of benzene rings is 2. The van der Waals surface area contributed by atoms with E-state index in [-0.39, 0.29) is 36.5 Å². The highest BCUT2D eigenvalue weighted by molar-refractivity contribution is 5.85. The number of halogens is 1. The highest BCUT2D eigenvalue weighted by atomic mass is 35.5. The molecule has 1 N–H and O–H groups in total. The molecule has 1 fully saturated rings. The third kappa shape index (κ3) is 5.05. The van der Waals surface area contributed by atoms with E-state index in [9.17, 15) is 14.9 Å². The van der Waals surface area contributed by atoms with Crippen LogP contribution in [0.4, 0.5) is 5.69 Å². The number of nitrogens with zero attached hydrogens (tertiary/aromatic N) is 2. The molecule has 1 amide bonds. The molecule has 144 valence electrons. The third-order valence-electron chi connectivity index (χ3n) is 4.84. The fraction of sp³-hybridized carbons (Fsp3) is 0.350. The highest BCUT2D eigenvalue weighted by Crippen LogP contribution is 2.24. The Bertz CT molecular complexity index is 778. The van der Waals surface area contributed by atoms with Crippen molar-refractivity contribution in [2.75, 3.05) is 19.6 Å². The van der Waals surface area contributed by atoms with Gasteiger partial charge in [-0.3, -0.25) is 14.9 Å². The zero-order chi connectivity index (χ0) is 18.5. The number of rotatable bonds is 5. The second kappa shape index (κ2) is 9.48. The van der Waals surface area contributed by atoms with Crippen LogP contribution >= 0.6 is 12.4 Å². The number of amides is 1. The minimum atomic E-state index is -0.433. The van der Waals surface area contributed by atoms with E-state index in [4.69, 9.17) is 0 Å². The van der Waals surface area contributed by atoms with Crippen molar-refractivity contribution in [1.29, 1.82) is 0 Å². The molecule has 7 heteroatoms. The van der Waals surface area contributed by atoms with E-state index < -0.39 is 4.92 Å². The number of nitrogens with one attached hydrogen (secondary N) is 1. The second-order valence-corrected chi connectivity index (χ2v) is 6.50. The van der Waals surface area contributed by atoms with Crippen molar-refractivity contribution in [2.24, 2.45) is 0 Å². The van der Waals surface area contributed by atoms with Gasteiger partial charge in [0.2, 0.25) is 5.91 Å². The van der Waals surface area contributed by atoms with E-state index in [2.05, 4.69) is 36.5 Å². The minimum absolute atomic E-state index is 0. The van der Waals surface area contributed by atoms with Gasteiger partial charge in [0.25, 0.3) is 5.69 Å². The zero-order valence-corrected chi connectivity index (χ0v) is 16.1. The summed E-state index contributed by atoms with van der Waals surface area (Å²) in [4.78, 5) is 25.1. The molecule has 1 aliphatic rings. The molecule has 1 heterocycles. The number of aryl methyl sites for hydroxylation is 1. The number of nitro benzene ring substituents is 1. The fourth-order valence-electron chi connectivity index (χ4n) is 3.29. The molecule has 0 aliphatic carbocycles. The SMILES string of the molecule is CCc1ccc(C2CNCCN2C(=O)Cc2ccc([N+](=O)[O-])cc2)cc1.Cl. The minimum Gasteiger partial charge on any atom is -0.333 e. The smallest absolute Gasteiger partial charge is 0.269 e. The summed E-state index contributed by atoms with van der Waals surface area (Å²) in [6.45, 7) is 4.29. The van der Waals surface area contributed by atoms with E-state index >= 15 is 0 Å². The van der Waals surface area contributed by atoms with Gasteiger partial charge in [-0.15, -0.1) is 12.4 Å². The first-order valence-electron chi connectivity index (χ1n) is 8.91. The standard InChI is InChI=1S/C20H23N3O3.ClH/c1-2-15-3-7-17(8-4-15)19-14-21-11-12-22(19)20(24)13-16-5-9-18(10-6-16)23(25)26;/h3-10,19,21H,2,11-14H2,1H3;1H. The maximum atomic E-state index is 12.9. The number of non-ortho nitro benzene ring substituents is 1. The van der Waals surface area contributed by atoms with Crippen LogP contribution in [-0.4, -0.2) is 35.4 Å². The first-order chi connectivity index (χ1) is 12.6. The number of piperazine rings is 1. The van der Waals surface area contributed by atoms with Crippen molar-refractivity contribution in [3.63, 3.8) is 0 Å². The Morgan fingerprint density at radius 2 is 1.78 bits per heavy atom. The van der Waals surface area contributed by atoms with Gasteiger partial charge in [0.05, 0.1) is 17.4 Å². The van der Waals surface area contributed by atoms with Gasteiger partial charge in [0.1, 0.15) is 0 Å². The van der Waals surface area contributed by atoms with Crippen LogP contribution in [0.3, 0.4) is 0 Å². The summed E-state index contributed by atoms with van der Waals surface area (Å²) in [6.07, 6.45) is 1.24. The van der Waals surface area contributed by atoms with Crippen LogP contribution in [0.2, 0.25) is 0 Å². The van der Waals surface area contributed by atoms with Crippen LogP contribution < -0.4 is 5.32 Å². The van der Waals surface area contributed by atoms with Crippen molar-refractivity contribution in [3.05, 3.63) is 75.3 Å². The summed E-state index contributed by atoms with van der Waals surface area (Å²) >= 11 is 0. The van der Waals surface area contributed by atoms with E-state index in [0.717, 1.165) is 30.6 Å². The number of nitro groups is 1. The fourth-order valence-corrected chi connectivity index (χ4v) is 3.29. The summed E-state index contributed by atoms with van der Waals surface area (Å²) in [5, 5.41) is 14.1. The molecule has 1 unspecified atom stereocenters.